The van der Waals surface area contributed by atoms with Crippen molar-refractivity contribution in [1.82, 2.24) is 9.62 Å². The van der Waals surface area contributed by atoms with Crippen molar-refractivity contribution >= 4 is 16.0 Å². The molecule has 3 fully saturated rings. The molecule has 0 radical (unpaired) electrons. The number of hydrogen-bond acceptors (Lipinski definition) is 6. The summed E-state index contributed by atoms with van der Waals surface area (Å²) < 4.78 is 67.8. The first-order chi connectivity index (χ1) is 18.7. The molecule has 1 aromatic carbocycles. The average molecular weight is 585 g/mol. The minimum atomic E-state index is -3.99. The number of rotatable bonds is 9. The summed E-state index contributed by atoms with van der Waals surface area (Å²) in [5.74, 6) is -2.27. The molecular weight excluding hydrogens is 538 g/mol. The largest absolute Gasteiger partial charge is 0.489 e. The Balaban J connectivity index is 1.39. The standard InChI is InChI=1S/C30H46F2N2O5S/c1-21-10-11-27(40(36,37)34-18-6-9-25(34)28(35)39-29(2,3)4)26(19-21)38-24-8-5-7-22(20-24)14-17-33-23-12-15-30(31,32)16-13-23/h10-11,19,22-25,33H,5-9,12-18,20H2,1-4H3/t22-,24-,25+/m1/s1. The Morgan fingerprint density at radius 1 is 1.10 bits per heavy atom. The fraction of sp³-hybridized carbons (Fsp3) is 0.767. The molecule has 0 unspecified atom stereocenters. The number of nitrogens with zero attached hydrogens (tertiary/aromatic N) is 1. The van der Waals surface area contributed by atoms with Crippen LogP contribution in [-0.2, 0) is 19.6 Å². The van der Waals surface area contributed by atoms with Gasteiger partial charge in [0, 0.05) is 25.4 Å². The second-order valence-electron chi connectivity index (χ2n) is 12.9. The van der Waals surface area contributed by atoms with Crippen LogP contribution in [0.3, 0.4) is 0 Å². The van der Waals surface area contributed by atoms with E-state index in [-0.39, 0.29) is 36.4 Å². The second-order valence-corrected chi connectivity index (χ2v) is 14.8. The van der Waals surface area contributed by atoms with Gasteiger partial charge in [-0.25, -0.2) is 17.2 Å². The number of benzene rings is 1. The zero-order valence-electron chi connectivity index (χ0n) is 24.4. The molecule has 7 nitrogen and oxygen atoms in total. The first kappa shape index (κ1) is 31.2. The fourth-order valence-electron chi connectivity index (χ4n) is 6.21. The van der Waals surface area contributed by atoms with Gasteiger partial charge in [-0.3, -0.25) is 4.79 Å². The summed E-state index contributed by atoms with van der Waals surface area (Å²) in [7, 11) is -3.99. The summed E-state index contributed by atoms with van der Waals surface area (Å²) in [6.45, 7) is 8.27. The number of hydrogen-bond donors (Lipinski definition) is 1. The van der Waals surface area contributed by atoms with Crippen molar-refractivity contribution < 1.29 is 31.5 Å². The lowest BCUT2D eigenvalue weighted by molar-refractivity contribution is -0.158. The summed E-state index contributed by atoms with van der Waals surface area (Å²) in [5, 5.41) is 3.47. The maximum absolute atomic E-state index is 13.9. The Morgan fingerprint density at radius 3 is 2.52 bits per heavy atom. The van der Waals surface area contributed by atoms with E-state index in [4.69, 9.17) is 9.47 Å². The van der Waals surface area contributed by atoms with Gasteiger partial charge in [-0.05, 0) is 109 Å². The fourth-order valence-corrected chi connectivity index (χ4v) is 7.96. The highest BCUT2D eigenvalue weighted by molar-refractivity contribution is 7.89. The molecule has 226 valence electrons. The van der Waals surface area contributed by atoms with Crippen LogP contribution in [0.15, 0.2) is 23.1 Å². The van der Waals surface area contributed by atoms with E-state index < -0.39 is 33.6 Å². The van der Waals surface area contributed by atoms with Gasteiger partial charge in [-0.2, -0.15) is 4.31 Å². The van der Waals surface area contributed by atoms with Crippen molar-refractivity contribution in [1.29, 1.82) is 0 Å². The number of nitrogens with one attached hydrogen (secondary N) is 1. The van der Waals surface area contributed by atoms with Gasteiger partial charge in [0.15, 0.2) is 0 Å². The molecule has 3 atom stereocenters. The lowest BCUT2D eigenvalue weighted by Crippen LogP contribution is -2.43. The van der Waals surface area contributed by atoms with Crippen LogP contribution in [0.2, 0.25) is 0 Å². The van der Waals surface area contributed by atoms with E-state index in [2.05, 4.69) is 5.32 Å². The topological polar surface area (TPSA) is 84.9 Å². The van der Waals surface area contributed by atoms with Crippen molar-refractivity contribution in [2.45, 2.75) is 133 Å². The van der Waals surface area contributed by atoms with E-state index in [0.29, 0.717) is 37.4 Å². The molecule has 1 aliphatic heterocycles. The number of carbonyl (C=O) groups excluding carboxylic acids is 1. The molecule has 2 aliphatic carbocycles. The molecule has 10 heteroatoms. The minimum absolute atomic E-state index is 0.0400. The Morgan fingerprint density at radius 2 is 1.82 bits per heavy atom. The number of ether oxygens (including phenoxy) is 2. The van der Waals surface area contributed by atoms with Crippen molar-refractivity contribution in [2.24, 2.45) is 5.92 Å². The third-order valence-electron chi connectivity index (χ3n) is 8.30. The van der Waals surface area contributed by atoms with Crippen molar-refractivity contribution in [3.63, 3.8) is 0 Å². The number of halogens is 2. The molecule has 1 saturated heterocycles. The monoisotopic (exact) mass is 584 g/mol. The van der Waals surface area contributed by atoms with E-state index in [1.54, 1.807) is 39.0 Å². The first-order valence-electron chi connectivity index (χ1n) is 14.9. The predicted molar refractivity (Wildman–Crippen MR) is 150 cm³/mol. The van der Waals surface area contributed by atoms with Crippen LogP contribution < -0.4 is 10.1 Å². The van der Waals surface area contributed by atoms with Gasteiger partial charge in [0.25, 0.3) is 0 Å². The van der Waals surface area contributed by atoms with Crippen LogP contribution in [0, 0.1) is 12.8 Å². The van der Waals surface area contributed by atoms with Gasteiger partial charge in [0.2, 0.25) is 15.9 Å². The Labute approximate surface area is 238 Å². The van der Waals surface area contributed by atoms with Crippen LogP contribution >= 0.6 is 0 Å². The molecule has 3 aliphatic rings. The highest BCUT2D eigenvalue weighted by Gasteiger charge is 2.43. The van der Waals surface area contributed by atoms with Gasteiger partial charge in [0.05, 0.1) is 6.10 Å². The number of esters is 1. The zero-order chi connectivity index (χ0) is 29.1. The van der Waals surface area contributed by atoms with E-state index in [0.717, 1.165) is 44.2 Å². The molecule has 2 saturated carbocycles. The molecule has 1 aromatic rings. The lowest BCUT2D eigenvalue weighted by Gasteiger charge is -2.32. The van der Waals surface area contributed by atoms with Crippen LogP contribution in [0.1, 0.15) is 97.0 Å². The second kappa shape index (κ2) is 12.6. The maximum Gasteiger partial charge on any atom is 0.324 e. The summed E-state index contributed by atoms with van der Waals surface area (Å²) in [4.78, 5) is 12.9. The zero-order valence-corrected chi connectivity index (χ0v) is 25.2. The molecule has 0 bridgehead atoms. The quantitative estimate of drug-likeness (QED) is 0.359. The molecule has 1 N–H and O–H groups in total. The molecule has 0 spiro atoms. The first-order valence-corrected chi connectivity index (χ1v) is 16.3. The molecule has 0 aromatic heterocycles. The van der Waals surface area contributed by atoms with Crippen LogP contribution in [0.5, 0.6) is 5.75 Å². The smallest absolute Gasteiger partial charge is 0.324 e. The lowest BCUT2D eigenvalue weighted by atomic mass is 9.84. The molecule has 40 heavy (non-hydrogen) atoms. The molecule has 0 amide bonds. The van der Waals surface area contributed by atoms with Gasteiger partial charge in [0.1, 0.15) is 22.3 Å². The molecule has 4 rings (SSSR count). The number of sulfonamides is 1. The van der Waals surface area contributed by atoms with E-state index in [1.807, 2.05) is 6.92 Å². The summed E-state index contributed by atoms with van der Waals surface area (Å²) in [6.07, 6.45) is 6.54. The highest BCUT2D eigenvalue weighted by Crippen LogP contribution is 2.37. The molecular formula is C30H46F2N2O5S. The van der Waals surface area contributed by atoms with Gasteiger partial charge < -0.3 is 14.8 Å². The van der Waals surface area contributed by atoms with E-state index >= 15 is 0 Å². The highest BCUT2D eigenvalue weighted by atomic mass is 32.2. The Hall–Kier alpha value is -1.78. The van der Waals surface area contributed by atoms with Crippen LogP contribution in [0.25, 0.3) is 0 Å². The SMILES string of the molecule is Cc1ccc(S(=O)(=O)N2CCC[C@H]2C(=O)OC(C)(C)C)c(O[C@@H]2CCC[C@H](CCNC3CCC(F)(F)CC3)C2)c1. The van der Waals surface area contributed by atoms with Gasteiger partial charge in [-0.15, -0.1) is 0 Å². The Kier molecular flexibility index (Phi) is 9.83. The number of aryl methyl sites for hydroxylation is 1. The van der Waals surface area contributed by atoms with E-state index in [1.165, 1.54) is 4.31 Å². The van der Waals surface area contributed by atoms with Crippen molar-refractivity contribution in [2.75, 3.05) is 13.1 Å². The third-order valence-corrected chi connectivity index (χ3v) is 10.2. The normalized spacial score (nSPS) is 26.5. The number of carbonyl (C=O) groups is 1. The average Bonchev–Trinajstić information content (AvgIpc) is 3.36. The summed E-state index contributed by atoms with van der Waals surface area (Å²) in [6, 6.07) is 4.43. The van der Waals surface area contributed by atoms with Crippen molar-refractivity contribution in [3.05, 3.63) is 23.8 Å². The number of alkyl halides is 2. The van der Waals surface area contributed by atoms with Gasteiger partial charge >= 0.3 is 5.97 Å². The van der Waals surface area contributed by atoms with Crippen LogP contribution in [0.4, 0.5) is 8.78 Å². The van der Waals surface area contributed by atoms with Gasteiger partial charge in [-0.1, -0.05) is 12.5 Å². The summed E-state index contributed by atoms with van der Waals surface area (Å²) >= 11 is 0. The predicted octanol–water partition coefficient (Wildman–Crippen LogP) is 5.99. The van der Waals surface area contributed by atoms with E-state index in [9.17, 15) is 22.0 Å². The Bertz CT molecular complexity index is 1130. The van der Waals surface area contributed by atoms with Crippen LogP contribution in [-0.4, -0.2) is 61.5 Å². The van der Waals surface area contributed by atoms with Crippen molar-refractivity contribution in [3.8, 4) is 5.75 Å². The maximum atomic E-state index is 13.9. The third kappa shape index (κ3) is 8.16. The summed E-state index contributed by atoms with van der Waals surface area (Å²) in [5.41, 5.74) is 0.194. The minimum Gasteiger partial charge on any atom is -0.489 e. The molecule has 1 heterocycles.